The molecule has 6 nitrogen and oxygen atoms in total. The first-order valence-electron chi connectivity index (χ1n) is 10.2. The van der Waals surface area contributed by atoms with Gasteiger partial charge in [-0.05, 0) is 60.9 Å². The molecule has 0 fully saturated rings. The van der Waals surface area contributed by atoms with Crippen LogP contribution in [0.15, 0.2) is 77.7 Å². The van der Waals surface area contributed by atoms with Crippen LogP contribution < -0.4 is 14.4 Å². The quantitative estimate of drug-likeness (QED) is 0.394. The van der Waals surface area contributed by atoms with Gasteiger partial charge in [0.15, 0.2) is 0 Å². The molecule has 0 saturated heterocycles. The molecule has 0 bridgehead atoms. The minimum absolute atomic E-state index is 0.0726. The van der Waals surface area contributed by atoms with Crippen molar-refractivity contribution in [1.82, 2.24) is 5.32 Å². The third kappa shape index (κ3) is 6.63. The summed E-state index contributed by atoms with van der Waals surface area (Å²) in [6.45, 7) is 0.0170. The van der Waals surface area contributed by atoms with E-state index in [1.807, 2.05) is 24.3 Å². The number of nitrogens with zero attached hydrogens (tertiary/aromatic N) is 1. The summed E-state index contributed by atoms with van der Waals surface area (Å²) in [7, 11) is -2.39. The van der Waals surface area contributed by atoms with Crippen LogP contribution >= 0.6 is 23.2 Å². The fourth-order valence-corrected chi connectivity index (χ4v) is 4.90. The number of anilines is 1. The van der Waals surface area contributed by atoms with Gasteiger partial charge in [-0.25, -0.2) is 8.42 Å². The lowest BCUT2D eigenvalue weighted by atomic mass is 10.1. The van der Waals surface area contributed by atoms with Crippen molar-refractivity contribution in [2.24, 2.45) is 0 Å². The number of ether oxygens (including phenoxy) is 1. The van der Waals surface area contributed by atoms with Crippen molar-refractivity contribution >= 4 is 44.8 Å². The highest BCUT2D eigenvalue weighted by atomic mass is 35.5. The van der Waals surface area contributed by atoms with Crippen LogP contribution in [0.4, 0.5) is 5.69 Å². The molecule has 0 atom stereocenters. The molecule has 0 aliphatic heterocycles. The monoisotopic (exact) mass is 506 g/mol. The summed E-state index contributed by atoms with van der Waals surface area (Å²) in [5, 5.41) is 3.29. The molecule has 0 radical (unpaired) electrons. The second kappa shape index (κ2) is 11.4. The SMILES string of the molecule is COc1ccc(CCCNC(=O)CN(c2ccc(Cl)c(Cl)c2)S(=O)(=O)c2ccccc2)cc1. The van der Waals surface area contributed by atoms with E-state index in [0.29, 0.717) is 18.0 Å². The smallest absolute Gasteiger partial charge is 0.264 e. The van der Waals surface area contributed by atoms with Gasteiger partial charge >= 0.3 is 0 Å². The number of hydrogen-bond acceptors (Lipinski definition) is 4. The summed E-state index contributed by atoms with van der Waals surface area (Å²) < 4.78 is 32.8. The van der Waals surface area contributed by atoms with E-state index in [1.54, 1.807) is 25.3 Å². The highest BCUT2D eigenvalue weighted by Gasteiger charge is 2.27. The molecule has 33 heavy (non-hydrogen) atoms. The zero-order valence-electron chi connectivity index (χ0n) is 18.0. The number of sulfonamides is 1. The number of carbonyl (C=O) groups excluding carboxylic acids is 1. The van der Waals surface area contributed by atoms with Crippen molar-refractivity contribution in [2.45, 2.75) is 17.7 Å². The second-order valence-electron chi connectivity index (χ2n) is 7.22. The number of amides is 1. The summed E-state index contributed by atoms with van der Waals surface area (Å²) in [4.78, 5) is 12.7. The predicted molar refractivity (Wildman–Crippen MR) is 132 cm³/mol. The first-order chi connectivity index (χ1) is 15.8. The Balaban J connectivity index is 1.69. The molecular formula is C24H24Cl2N2O4S. The van der Waals surface area contributed by atoms with Gasteiger partial charge in [-0.2, -0.15) is 0 Å². The number of aryl methyl sites for hydroxylation is 1. The molecule has 9 heteroatoms. The van der Waals surface area contributed by atoms with E-state index in [0.717, 1.165) is 22.0 Å². The van der Waals surface area contributed by atoms with Crippen LogP contribution in [0.1, 0.15) is 12.0 Å². The molecular weight excluding hydrogens is 483 g/mol. The van der Waals surface area contributed by atoms with E-state index >= 15 is 0 Å². The maximum Gasteiger partial charge on any atom is 0.264 e. The summed E-state index contributed by atoms with van der Waals surface area (Å²) in [5.41, 5.74) is 1.37. The van der Waals surface area contributed by atoms with E-state index < -0.39 is 22.5 Å². The van der Waals surface area contributed by atoms with Crippen molar-refractivity contribution in [3.8, 4) is 5.75 Å². The van der Waals surface area contributed by atoms with E-state index in [2.05, 4.69) is 5.32 Å². The molecule has 3 aromatic rings. The molecule has 3 aromatic carbocycles. The maximum atomic E-state index is 13.3. The molecule has 0 unspecified atom stereocenters. The molecule has 174 valence electrons. The molecule has 0 heterocycles. The fraction of sp³-hybridized carbons (Fsp3) is 0.208. The Hall–Kier alpha value is -2.74. The number of rotatable bonds is 10. The van der Waals surface area contributed by atoms with Crippen LogP contribution in [0.3, 0.4) is 0 Å². The third-order valence-electron chi connectivity index (χ3n) is 4.93. The van der Waals surface area contributed by atoms with Crippen LogP contribution in [0, 0.1) is 0 Å². The third-order valence-corrected chi connectivity index (χ3v) is 7.46. The van der Waals surface area contributed by atoms with Gasteiger partial charge < -0.3 is 10.1 Å². The molecule has 0 aliphatic rings. The summed E-state index contributed by atoms with van der Waals surface area (Å²) >= 11 is 12.1. The zero-order chi connectivity index (χ0) is 23.8. The van der Waals surface area contributed by atoms with Gasteiger partial charge in [0.05, 0.1) is 27.7 Å². The first-order valence-corrected chi connectivity index (χ1v) is 12.4. The Morgan fingerprint density at radius 2 is 1.67 bits per heavy atom. The Bertz CT molecular complexity index is 1190. The van der Waals surface area contributed by atoms with E-state index in [9.17, 15) is 13.2 Å². The largest absolute Gasteiger partial charge is 0.497 e. The van der Waals surface area contributed by atoms with Crippen molar-refractivity contribution in [3.05, 3.63) is 88.4 Å². The fourth-order valence-electron chi connectivity index (χ4n) is 3.17. The lowest BCUT2D eigenvalue weighted by Gasteiger charge is -2.24. The molecule has 0 aliphatic carbocycles. The highest BCUT2D eigenvalue weighted by molar-refractivity contribution is 7.92. The Morgan fingerprint density at radius 3 is 2.30 bits per heavy atom. The number of nitrogens with one attached hydrogen (secondary N) is 1. The first kappa shape index (κ1) is 24.9. The van der Waals surface area contributed by atoms with Crippen molar-refractivity contribution < 1.29 is 17.9 Å². The second-order valence-corrected chi connectivity index (χ2v) is 9.90. The molecule has 0 aromatic heterocycles. The summed E-state index contributed by atoms with van der Waals surface area (Å²) in [6.07, 6.45) is 1.47. The molecule has 1 amide bonds. The molecule has 0 spiro atoms. The zero-order valence-corrected chi connectivity index (χ0v) is 20.3. The number of methoxy groups -OCH3 is 1. The Morgan fingerprint density at radius 1 is 0.970 bits per heavy atom. The Labute approximate surface area is 204 Å². The van der Waals surface area contributed by atoms with Crippen LogP contribution in [-0.2, 0) is 21.2 Å². The van der Waals surface area contributed by atoms with E-state index in [1.165, 1.54) is 30.3 Å². The van der Waals surface area contributed by atoms with E-state index in [4.69, 9.17) is 27.9 Å². The van der Waals surface area contributed by atoms with Crippen molar-refractivity contribution in [3.63, 3.8) is 0 Å². The lowest BCUT2D eigenvalue weighted by Crippen LogP contribution is -2.41. The van der Waals surface area contributed by atoms with Crippen LogP contribution in [-0.4, -0.2) is 34.5 Å². The van der Waals surface area contributed by atoms with Gasteiger partial charge in [0.1, 0.15) is 12.3 Å². The number of halogens is 2. The minimum atomic E-state index is -4.00. The Kier molecular flexibility index (Phi) is 8.61. The number of carbonyl (C=O) groups is 1. The van der Waals surface area contributed by atoms with Crippen LogP contribution in [0.5, 0.6) is 5.75 Å². The van der Waals surface area contributed by atoms with Gasteiger partial charge in [-0.15, -0.1) is 0 Å². The maximum absolute atomic E-state index is 13.3. The number of benzene rings is 3. The van der Waals surface area contributed by atoms with Crippen molar-refractivity contribution in [2.75, 3.05) is 24.5 Å². The van der Waals surface area contributed by atoms with Gasteiger partial charge in [0.2, 0.25) is 5.91 Å². The van der Waals surface area contributed by atoms with E-state index in [-0.39, 0.29) is 15.6 Å². The minimum Gasteiger partial charge on any atom is -0.497 e. The van der Waals surface area contributed by atoms with Crippen LogP contribution in [0.25, 0.3) is 0 Å². The highest BCUT2D eigenvalue weighted by Crippen LogP contribution is 2.30. The molecule has 0 saturated carbocycles. The van der Waals surface area contributed by atoms with Gasteiger partial charge in [0, 0.05) is 6.54 Å². The predicted octanol–water partition coefficient (Wildman–Crippen LogP) is 4.95. The lowest BCUT2D eigenvalue weighted by molar-refractivity contribution is -0.119. The molecule has 3 rings (SSSR count). The van der Waals surface area contributed by atoms with Crippen LogP contribution in [0.2, 0.25) is 10.0 Å². The average Bonchev–Trinajstić information content (AvgIpc) is 2.83. The topological polar surface area (TPSA) is 75.7 Å². The van der Waals surface area contributed by atoms with Gasteiger partial charge in [-0.3, -0.25) is 9.10 Å². The summed E-state index contributed by atoms with van der Waals surface area (Å²) in [6, 6.07) is 20.1. The molecule has 1 N–H and O–H groups in total. The summed E-state index contributed by atoms with van der Waals surface area (Å²) in [5.74, 6) is 0.365. The normalized spacial score (nSPS) is 11.1. The van der Waals surface area contributed by atoms with Gasteiger partial charge in [0.25, 0.3) is 10.0 Å². The average molecular weight is 507 g/mol. The van der Waals surface area contributed by atoms with Gasteiger partial charge in [-0.1, -0.05) is 53.5 Å². The van der Waals surface area contributed by atoms with Crippen molar-refractivity contribution in [1.29, 1.82) is 0 Å². The standard InChI is InChI=1S/C24H24Cl2N2O4S/c1-32-20-12-9-18(10-13-20)6-5-15-27-24(29)17-28(19-11-14-22(25)23(26)16-19)33(30,31)21-7-3-2-4-8-21/h2-4,7-14,16H,5-6,15,17H2,1H3,(H,27,29). The number of hydrogen-bond donors (Lipinski definition) is 1.